The molecule has 0 atom stereocenters. The first-order valence-electron chi connectivity index (χ1n) is 9.37. The molecule has 0 heterocycles. The molecule has 146 valence electrons. The molecule has 0 saturated carbocycles. The van der Waals surface area contributed by atoms with E-state index in [-0.39, 0.29) is 0 Å². The number of benzene rings is 3. The fourth-order valence-corrected chi connectivity index (χ4v) is 4.21. The van der Waals surface area contributed by atoms with Crippen LogP contribution in [0.3, 0.4) is 0 Å². The summed E-state index contributed by atoms with van der Waals surface area (Å²) in [6.07, 6.45) is 0. The molecular weight excluding hydrogens is 367 g/mol. The van der Waals surface area contributed by atoms with Crippen molar-refractivity contribution in [2.45, 2.75) is 41.5 Å². The summed E-state index contributed by atoms with van der Waals surface area (Å²) in [5.74, 6) is 2.31. The molecule has 3 nitrogen and oxygen atoms in total. The van der Waals surface area contributed by atoms with Crippen LogP contribution in [0.4, 0.5) is 0 Å². The lowest BCUT2D eigenvalue weighted by Gasteiger charge is -2.21. The number of hydrogen-bond donors (Lipinski definition) is 0. The molecular formula is C24H27O3P. The third-order valence-electron chi connectivity index (χ3n) is 4.51. The highest BCUT2D eigenvalue weighted by Crippen LogP contribution is 2.44. The summed E-state index contributed by atoms with van der Waals surface area (Å²) in [5, 5.41) is 0. The van der Waals surface area contributed by atoms with E-state index < -0.39 is 8.60 Å². The van der Waals surface area contributed by atoms with Crippen LogP contribution in [0.2, 0.25) is 0 Å². The Balaban J connectivity index is 1.90. The highest BCUT2D eigenvalue weighted by molar-refractivity contribution is 7.43. The molecule has 0 saturated heterocycles. The largest absolute Gasteiger partial charge is 0.530 e. The van der Waals surface area contributed by atoms with E-state index >= 15 is 0 Å². The van der Waals surface area contributed by atoms with Crippen LogP contribution in [0.15, 0.2) is 54.6 Å². The second-order valence-electron chi connectivity index (χ2n) is 7.30. The van der Waals surface area contributed by atoms with Gasteiger partial charge in [-0.25, -0.2) is 0 Å². The zero-order valence-electron chi connectivity index (χ0n) is 17.4. The molecule has 3 aromatic carbocycles. The first-order chi connectivity index (χ1) is 13.3. The summed E-state index contributed by atoms with van der Waals surface area (Å²) in [6.45, 7) is 12.3. The van der Waals surface area contributed by atoms with Crippen molar-refractivity contribution in [1.29, 1.82) is 0 Å². The van der Waals surface area contributed by atoms with Crippen molar-refractivity contribution in [3.8, 4) is 17.2 Å². The Morgan fingerprint density at radius 3 is 1.00 bits per heavy atom. The summed E-state index contributed by atoms with van der Waals surface area (Å²) in [7, 11) is -1.67. The predicted octanol–water partition coefficient (Wildman–Crippen LogP) is 7.30. The third kappa shape index (κ3) is 5.05. The van der Waals surface area contributed by atoms with Crippen LogP contribution in [-0.4, -0.2) is 0 Å². The van der Waals surface area contributed by atoms with Gasteiger partial charge in [-0.05, 0) is 76.4 Å². The number of rotatable bonds is 6. The topological polar surface area (TPSA) is 27.7 Å². The Morgan fingerprint density at radius 2 is 0.750 bits per heavy atom. The molecule has 0 unspecified atom stereocenters. The zero-order valence-corrected chi connectivity index (χ0v) is 18.3. The fourth-order valence-electron chi connectivity index (χ4n) is 3.00. The van der Waals surface area contributed by atoms with Gasteiger partial charge in [0.05, 0.1) is 0 Å². The molecule has 0 N–H and O–H groups in total. The highest BCUT2D eigenvalue weighted by Gasteiger charge is 2.22. The molecule has 0 radical (unpaired) electrons. The minimum Gasteiger partial charge on any atom is -0.408 e. The normalized spacial score (nSPS) is 10.8. The van der Waals surface area contributed by atoms with Crippen LogP contribution >= 0.6 is 8.60 Å². The molecule has 0 fully saturated rings. The highest BCUT2D eigenvalue weighted by atomic mass is 31.2. The smallest absolute Gasteiger partial charge is 0.408 e. The minimum absolute atomic E-state index is 0.770. The Morgan fingerprint density at radius 1 is 0.464 bits per heavy atom. The van der Waals surface area contributed by atoms with E-state index in [4.69, 9.17) is 13.6 Å². The lowest BCUT2D eigenvalue weighted by molar-refractivity contribution is 0.385. The maximum Gasteiger partial charge on any atom is 0.530 e. The van der Waals surface area contributed by atoms with Crippen molar-refractivity contribution < 1.29 is 13.6 Å². The van der Waals surface area contributed by atoms with Crippen LogP contribution in [-0.2, 0) is 0 Å². The Bertz CT molecular complexity index is 854. The fraction of sp³-hybridized carbons (Fsp3) is 0.250. The van der Waals surface area contributed by atoms with Crippen LogP contribution in [0, 0.1) is 41.5 Å². The summed E-state index contributed by atoms with van der Waals surface area (Å²) in [6, 6.07) is 18.3. The van der Waals surface area contributed by atoms with Crippen LogP contribution in [0.25, 0.3) is 0 Å². The van der Waals surface area contributed by atoms with Crippen LogP contribution in [0.1, 0.15) is 33.4 Å². The molecule has 4 heteroatoms. The van der Waals surface area contributed by atoms with Gasteiger partial charge >= 0.3 is 8.60 Å². The van der Waals surface area contributed by atoms with Gasteiger partial charge in [0.1, 0.15) is 17.2 Å². The summed E-state index contributed by atoms with van der Waals surface area (Å²) in [4.78, 5) is 0. The van der Waals surface area contributed by atoms with Crippen molar-refractivity contribution in [2.75, 3.05) is 0 Å². The first kappa shape index (κ1) is 20.2. The van der Waals surface area contributed by atoms with Gasteiger partial charge in [-0.3, -0.25) is 0 Å². The zero-order chi connectivity index (χ0) is 20.3. The Kier molecular flexibility index (Phi) is 6.26. The van der Waals surface area contributed by atoms with Crippen LogP contribution in [0.5, 0.6) is 17.2 Å². The van der Waals surface area contributed by atoms with E-state index in [9.17, 15) is 0 Å². The molecule has 3 aromatic rings. The molecule has 0 aliphatic rings. The first-order valence-corrected chi connectivity index (χ1v) is 10.5. The predicted molar refractivity (Wildman–Crippen MR) is 117 cm³/mol. The molecule has 0 aromatic heterocycles. The maximum atomic E-state index is 6.20. The Labute approximate surface area is 169 Å². The lowest BCUT2D eigenvalue weighted by atomic mass is 10.1. The van der Waals surface area contributed by atoms with Gasteiger partial charge in [0, 0.05) is 0 Å². The second kappa shape index (κ2) is 8.67. The van der Waals surface area contributed by atoms with Crippen LogP contribution < -0.4 is 13.6 Å². The van der Waals surface area contributed by atoms with Gasteiger partial charge in [0.2, 0.25) is 0 Å². The molecule has 0 aliphatic carbocycles. The lowest BCUT2D eigenvalue weighted by Crippen LogP contribution is -2.05. The number of hydrogen-bond acceptors (Lipinski definition) is 3. The standard InChI is InChI=1S/C24H27O3P/c1-16-7-10-22(19(4)13-16)25-28(26-23-11-8-17(2)14-20(23)5)27-24-12-9-18(3)15-21(24)6/h7-15H,1-6H3. The van der Waals surface area contributed by atoms with E-state index in [1.807, 2.05) is 57.2 Å². The maximum absolute atomic E-state index is 6.20. The summed E-state index contributed by atoms with van der Waals surface area (Å²) in [5.41, 5.74) is 6.75. The van der Waals surface area contributed by atoms with Gasteiger partial charge in [-0.1, -0.05) is 53.1 Å². The minimum atomic E-state index is -1.67. The van der Waals surface area contributed by atoms with Crippen molar-refractivity contribution >= 4 is 8.60 Å². The molecule has 0 aliphatic heterocycles. The molecule has 0 bridgehead atoms. The van der Waals surface area contributed by atoms with Crippen molar-refractivity contribution in [1.82, 2.24) is 0 Å². The number of aryl methyl sites for hydroxylation is 6. The summed E-state index contributed by atoms with van der Waals surface area (Å²) < 4.78 is 18.6. The van der Waals surface area contributed by atoms with E-state index in [2.05, 4.69) is 39.0 Å². The van der Waals surface area contributed by atoms with Gasteiger partial charge in [0.15, 0.2) is 0 Å². The van der Waals surface area contributed by atoms with E-state index in [0.717, 1.165) is 33.9 Å². The summed E-state index contributed by atoms with van der Waals surface area (Å²) >= 11 is 0. The van der Waals surface area contributed by atoms with Crippen molar-refractivity contribution in [2.24, 2.45) is 0 Å². The molecule has 28 heavy (non-hydrogen) atoms. The average Bonchev–Trinajstić information content (AvgIpc) is 2.62. The van der Waals surface area contributed by atoms with Gasteiger partial charge < -0.3 is 13.6 Å². The molecule has 3 rings (SSSR count). The second-order valence-corrected chi connectivity index (χ2v) is 8.30. The SMILES string of the molecule is Cc1ccc(OP(Oc2ccc(C)cc2C)Oc2ccc(C)cc2C)c(C)c1. The van der Waals surface area contributed by atoms with Gasteiger partial charge in [-0.2, -0.15) is 0 Å². The third-order valence-corrected chi connectivity index (χ3v) is 5.55. The molecule has 0 spiro atoms. The van der Waals surface area contributed by atoms with E-state index in [1.165, 1.54) is 16.7 Å². The van der Waals surface area contributed by atoms with Crippen molar-refractivity contribution in [3.63, 3.8) is 0 Å². The van der Waals surface area contributed by atoms with Gasteiger partial charge in [0.25, 0.3) is 0 Å². The Hall–Kier alpha value is -2.51. The molecule has 0 amide bonds. The van der Waals surface area contributed by atoms with E-state index in [1.54, 1.807) is 0 Å². The van der Waals surface area contributed by atoms with Gasteiger partial charge in [-0.15, -0.1) is 0 Å². The average molecular weight is 394 g/mol. The van der Waals surface area contributed by atoms with Crippen molar-refractivity contribution in [3.05, 3.63) is 88.0 Å². The monoisotopic (exact) mass is 394 g/mol. The quantitative estimate of drug-likeness (QED) is 0.411. The van der Waals surface area contributed by atoms with E-state index in [0.29, 0.717) is 0 Å².